The van der Waals surface area contributed by atoms with Crippen molar-refractivity contribution in [3.05, 3.63) is 59.7 Å². The number of amides is 1. The summed E-state index contributed by atoms with van der Waals surface area (Å²) in [5.74, 6) is 1.27. The molecule has 2 aromatic carbocycles. The molecule has 33 heavy (non-hydrogen) atoms. The van der Waals surface area contributed by atoms with Crippen molar-refractivity contribution in [2.45, 2.75) is 25.4 Å². The number of nitrogens with one attached hydrogen (secondary N) is 1. The summed E-state index contributed by atoms with van der Waals surface area (Å²) in [5.41, 5.74) is 3.45. The van der Waals surface area contributed by atoms with E-state index in [1.165, 1.54) is 18.7 Å². The second-order valence-electron chi connectivity index (χ2n) is 7.78. The van der Waals surface area contributed by atoms with Crippen LogP contribution in [0.3, 0.4) is 0 Å². The molecule has 1 amide bonds. The number of aryl methyl sites for hydroxylation is 1. The molecule has 0 aliphatic carbocycles. The van der Waals surface area contributed by atoms with E-state index in [4.69, 9.17) is 4.74 Å². The quantitative estimate of drug-likeness (QED) is 0.400. The van der Waals surface area contributed by atoms with E-state index in [1.54, 1.807) is 24.3 Å². The summed E-state index contributed by atoms with van der Waals surface area (Å²) in [7, 11) is 0. The van der Waals surface area contributed by atoms with E-state index in [0.717, 1.165) is 35.4 Å². The zero-order valence-electron chi connectivity index (χ0n) is 18.8. The first-order chi connectivity index (χ1) is 16.0. The summed E-state index contributed by atoms with van der Waals surface area (Å²) in [5, 5.41) is 12.6. The number of carbonyl (C=O) groups excluding carboxylic acids is 2. The van der Waals surface area contributed by atoms with Crippen LogP contribution in [0.4, 0.5) is 11.6 Å². The van der Waals surface area contributed by atoms with Gasteiger partial charge in [-0.2, -0.15) is 0 Å². The summed E-state index contributed by atoms with van der Waals surface area (Å²) >= 11 is 1.51. The van der Waals surface area contributed by atoms with Gasteiger partial charge in [-0.05, 0) is 49.7 Å². The Morgan fingerprint density at radius 3 is 2.48 bits per heavy atom. The minimum absolute atomic E-state index is 0.00140. The van der Waals surface area contributed by atoms with Gasteiger partial charge in [0.25, 0.3) is 0 Å². The maximum Gasteiger partial charge on any atom is 0.232 e. The molecule has 172 valence electrons. The van der Waals surface area contributed by atoms with E-state index >= 15 is 0 Å². The van der Waals surface area contributed by atoms with Gasteiger partial charge in [0.1, 0.15) is 0 Å². The molecule has 0 bridgehead atoms. The van der Waals surface area contributed by atoms with Crippen LogP contribution >= 0.6 is 11.8 Å². The maximum atomic E-state index is 12.4. The molecule has 3 aromatic rings. The number of ketones is 1. The lowest BCUT2D eigenvalue weighted by molar-refractivity contribution is -0.115. The smallest absolute Gasteiger partial charge is 0.232 e. The number of hydrogen-bond donors (Lipinski definition) is 1. The summed E-state index contributed by atoms with van der Waals surface area (Å²) in [6.07, 6.45) is 0.326. The van der Waals surface area contributed by atoms with Crippen molar-refractivity contribution in [1.29, 1.82) is 0 Å². The molecule has 8 nitrogen and oxygen atoms in total. The Morgan fingerprint density at radius 2 is 1.79 bits per heavy atom. The van der Waals surface area contributed by atoms with Crippen LogP contribution in [0.5, 0.6) is 0 Å². The van der Waals surface area contributed by atoms with Crippen molar-refractivity contribution in [3.63, 3.8) is 0 Å². The molecule has 1 saturated heterocycles. The largest absolute Gasteiger partial charge is 0.378 e. The van der Waals surface area contributed by atoms with Crippen LogP contribution in [0, 0.1) is 6.92 Å². The molecular weight excluding hydrogens is 438 g/mol. The maximum absolute atomic E-state index is 12.4. The number of rotatable bonds is 8. The van der Waals surface area contributed by atoms with Crippen molar-refractivity contribution >= 4 is 35.1 Å². The van der Waals surface area contributed by atoms with Crippen LogP contribution in [0.15, 0.2) is 53.7 Å². The fourth-order valence-corrected chi connectivity index (χ4v) is 4.47. The van der Waals surface area contributed by atoms with E-state index in [9.17, 15) is 9.59 Å². The third kappa shape index (κ3) is 5.61. The second-order valence-corrected chi connectivity index (χ2v) is 8.85. The number of anilines is 2. The number of carbonyl (C=O) groups is 2. The Bertz CT molecular complexity index is 1120. The second kappa shape index (κ2) is 10.6. The number of hydrogen-bond acceptors (Lipinski definition) is 7. The Hall–Kier alpha value is -3.17. The Morgan fingerprint density at radius 1 is 1.06 bits per heavy atom. The molecule has 0 unspecified atom stereocenters. The van der Waals surface area contributed by atoms with E-state index in [0.29, 0.717) is 36.6 Å². The van der Waals surface area contributed by atoms with Crippen LogP contribution in [-0.2, 0) is 9.53 Å². The number of aromatic nitrogens is 3. The molecule has 0 atom stereocenters. The minimum Gasteiger partial charge on any atom is -0.378 e. The summed E-state index contributed by atoms with van der Waals surface area (Å²) in [6.45, 7) is 6.44. The minimum atomic E-state index is -0.0894. The van der Waals surface area contributed by atoms with Gasteiger partial charge in [0.2, 0.25) is 11.9 Å². The zero-order valence-corrected chi connectivity index (χ0v) is 19.6. The molecular formula is C24H27N5O3S. The molecule has 1 N–H and O–H groups in total. The number of ether oxygens (including phenoxy) is 1. The Kier molecular flexibility index (Phi) is 7.41. The summed E-state index contributed by atoms with van der Waals surface area (Å²) in [4.78, 5) is 26.0. The lowest BCUT2D eigenvalue weighted by atomic mass is 10.1. The average molecular weight is 466 g/mol. The molecule has 1 aliphatic rings. The third-order valence-electron chi connectivity index (χ3n) is 5.40. The van der Waals surface area contributed by atoms with Gasteiger partial charge in [0.05, 0.1) is 18.9 Å². The number of para-hydroxylation sites is 1. The molecule has 9 heteroatoms. The van der Waals surface area contributed by atoms with Gasteiger partial charge in [0, 0.05) is 36.5 Å². The third-order valence-corrected chi connectivity index (χ3v) is 6.33. The van der Waals surface area contributed by atoms with Crippen molar-refractivity contribution in [2.24, 2.45) is 0 Å². The first kappa shape index (κ1) is 23.0. The van der Waals surface area contributed by atoms with Crippen LogP contribution in [0.2, 0.25) is 0 Å². The molecule has 0 spiro atoms. The highest BCUT2D eigenvalue weighted by molar-refractivity contribution is 7.99. The highest BCUT2D eigenvalue weighted by atomic mass is 32.2. The van der Waals surface area contributed by atoms with Gasteiger partial charge >= 0.3 is 0 Å². The predicted octanol–water partition coefficient (Wildman–Crippen LogP) is 3.74. The highest BCUT2D eigenvalue weighted by Gasteiger charge is 2.22. The Balaban J connectivity index is 1.44. The molecule has 4 rings (SSSR count). The van der Waals surface area contributed by atoms with Crippen LogP contribution < -0.4 is 10.2 Å². The van der Waals surface area contributed by atoms with Crippen LogP contribution in [0.25, 0.3) is 5.69 Å². The van der Waals surface area contributed by atoms with E-state index < -0.39 is 0 Å². The van der Waals surface area contributed by atoms with Gasteiger partial charge in [-0.1, -0.05) is 30.0 Å². The topological polar surface area (TPSA) is 89.3 Å². The van der Waals surface area contributed by atoms with Crippen molar-refractivity contribution < 1.29 is 14.3 Å². The Labute approximate surface area is 197 Å². The first-order valence-corrected chi connectivity index (χ1v) is 11.9. The normalized spacial score (nSPS) is 13.7. The predicted molar refractivity (Wildman–Crippen MR) is 130 cm³/mol. The molecule has 2 heterocycles. The average Bonchev–Trinajstić information content (AvgIpc) is 3.24. The molecule has 1 aliphatic heterocycles. The summed E-state index contributed by atoms with van der Waals surface area (Å²) in [6, 6.07) is 15.1. The number of Topliss-reactive ketones (excluding diaryl/α,β-unsaturated/α-hetero) is 1. The standard InChI is InChI=1S/C24H27N5O3S/c1-17-5-3-4-6-21(17)29-23(28-12-14-32-15-13-28)26-27-24(29)33-16-11-22(31)25-20-9-7-19(8-10-20)18(2)30/h3-10H,11-16H2,1-2H3,(H,25,31). The highest BCUT2D eigenvalue weighted by Crippen LogP contribution is 2.29. The fourth-order valence-electron chi connectivity index (χ4n) is 3.60. The molecule has 1 aromatic heterocycles. The van der Waals surface area contributed by atoms with E-state index in [2.05, 4.69) is 44.0 Å². The van der Waals surface area contributed by atoms with Crippen LogP contribution in [0.1, 0.15) is 29.3 Å². The van der Waals surface area contributed by atoms with Crippen molar-refractivity contribution in [3.8, 4) is 5.69 Å². The van der Waals surface area contributed by atoms with Gasteiger partial charge in [-0.25, -0.2) is 0 Å². The summed E-state index contributed by atoms with van der Waals surface area (Å²) < 4.78 is 7.56. The van der Waals surface area contributed by atoms with Crippen LogP contribution in [-0.4, -0.2) is 58.5 Å². The zero-order chi connectivity index (χ0) is 23.2. The van der Waals surface area contributed by atoms with Gasteiger partial charge in [-0.3, -0.25) is 14.2 Å². The van der Waals surface area contributed by atoms with Gasteiger partial charge < -0.3 is 15.0 Å². The molecule has 1 fully saturated rings. The lowest BCUT2D eigenvalue weighted by Gasteiger charge is -2.28. The van der Waals surface area contributed by atoms with E-state index in [1.807, 2.05) is 12.1 Å². The lowest BCUT2D eigenvalue weighted by Crippen LogP contribution is -2.38. The fraction of sp³-hybridized carbons (Fsp3) is 0.333. The molecule has 0 radical (unpaired) electrons. The number of thioether (sulfide) groups is 1. The van der Waals surface area contributed by atoms with Gasteiger partial charge in [0.15, 0.2) is 10.9 Å². The van der Waals surface area contributed by atoms with E-state index in [-0.39, 0.29) is 11.7 Å². The van der Waals surface area contributed by atoms with Crippen molar-refractivity contribution in [1.82, 2.24) is 14.8 Å². The monoisotopic (exact) mass is 465 g/mol. The molecule has 0 saturated carbocycles. The van der Waals surface area contributed by atoms with Crippen molar-refractivity contribution in [2.75, 3.05) is 42.3 Å². The number of nitrogens with zero attached hydrogens (tertiary/aromatic N) is 4. The SMILES string of the molecule is CC(=O)c1ccc(NC(=O)CCSc2nnc(N3CCOCC3)n2-c2ccccc2C)cc1. The number of morpholine rings is 1. The number of benzene rings is 2. The van der Waals surface area contributed by atoms with Gasteiger partial charge in [-0.15, -0.1) is 10.2 Å². The first-order valence-electron chi connectivity index (χ1n) is 10.9.